The third kappa shape index (κ3) is 4.26. The average Bonchev–Trinajstić information content (AvgIpc) is 3.38. The van der Waals surface area contributed by atoms with Crippen LogP contribution < -0.4 is 4.74 Å². The maximum Gasteiger partial charge on any atom is 0.340 e. The van der Waals surface area contributed by atoms with Crippen molar-refractivity contribution in [3.05, 3.63) is 65.4 Å². The van der Waals surface area contributed by atoms with Crippen molar-refractivity contribution in [2.75, 3.05) is 19.7 Å². The zero-order valence-corrected chi connectivity index (χ0v) is 16.5. The maximum atomic E-state index is 12.7. The van der Waals surface area contributed by atoms with Crippen LogP contribution in [0.15, 0.2) is 48.5 Å². The van der Waals surface area contributed by atoms with Crippen LogP contribution in [0, 0.1) is 12.3 Å². The number of ether oxygens (including phenoxy) is 2. The van der Waals surface area contributed by atoms with E-state index in [9.17, 15) is 4.79 Å². The molecule has 0 radical (unpaired) electrons. The second-order valence-corrected chi connectivity index (χ2v) is 7.32. The zero-order valence-electron chi connectivity index (χ0n) is 16.5. The molecule has 29 heavy (non-hydrogen) atoms. The Balaban J connectivity index is 1.48. The molecule has 3 aromatic rings. The summed E-state index contributed by atoms with van der Waals surface area (Å²) in [4.78, 5) is 18.0. The number of nitrogens with zero attached hydrogens (tertiary/aromatic N) is 1. The molecule has 2 heterocycles. The van der Waals surface area contributed by atoms with E-state index in [4.69, 9.17) is 14.9 Å². The summed E-state index contributed by atoms with van der Waals surface area (Å²) in [5, 5.41) is 8.94. The largest absolute Gasteiger partial charge is 0.486 e. The van der Waals surface area contributed by atoms with Gasteiger partial charge in [-0.2, -0.15) is 0 Å². The number of amidine groups is 1. The van der Waals surface area contributed by atoms with Crippen LogP contribution in [-0.4, -0.2) is 41.4 Å². The zero-order chi connectivity index (χ0) is 20.2. The quantitative estimate of drug-likeness (QED) is 0.373. The second-order valence-electron chi connectivity index (χ2n) is 7.32. The first-order valence-electron chi connectivity index (χ1n) is 9.90. The molecule has 1 saturated heterocycles. The Kier molecular flexibility index (Phi) is 5.51. The van der Waals surface area contributed by atoms with Crippen molar-refractivity contribution in [2.24, 2.45) is 0 Å². The van der Waals surface area contributed by atoms with E-state index in [1.807, 2.05) is 60.4 Å². The molecule has 4 rings (SSSR count). The van der Waals surface area contributed by atoms with E-state index in [1.165, 1.54) is 0 Å². The molecule has 1 aliphatic rings. The first-order chi connectivity index (χ1) is 14.1. The predicted molar refractivity (Wildman–Crippen MR) is 113 cm³/mol. The molecule has 2 aromatic carbocycles. The van der Waals surface area contributed by atoms with Gasteiger partial charge in [-0.1, -0.05) is 30.3 Å². The molecule has 0 saturated carbocycles. The van der Waals surface area contributed by atoms with Gasteiger partial charge in [-0.25, -0.2) is 4.79 Å². The van der Waals surface area contributed by atoms with E-state index in [1.54, 1.807) is 0 Å². The van der Waals surface area contributed by atoms with Crippen LogP contribution in [0.3, 0.4) is 0 Å². The third-order valence-electron chi connectivity index (χ3n) is 5.24. The van der Waals surface area contributed by atoms with Gasteiger partial charge in [0.2, 0.25) is 0 Å². The molecule has 0 spiro atoms. The Morgan fingerprint density at radius 3 is 2.66 bits per heavy atom. The molecule has 0 unspecified atom stereocenters. The van der Waals surface area contributed by atoms with E-state index in [0.29, 0.717) is 17.1 Å². The summed E-state index contributed by atoms with van der Waals surface area (Å²) in [7, 11) is 0. The molecule has 1 fully saturated rings. The lowest BCUT2D eigenvalue weighted by atomic mass is 10.1. The molecule has 0 bridgehead atoms. The Hall–Kier alpha value is -3.28. The number of hydrogen-bond donors (Lipinski definition) is 2. The molecular formula is C23H25N3O3. The van der Waals surface area contributed by atoms with E-state index in [2.05, 4.69) is 4.98 Å². The number of aromatic amines is 1. The highest BCUT2D eigenvalue weighted by Gasteiger charge is 2.19. The fourth-order valence-corrected chi connectivity index (χ4v) is 3.68. The van der Waals surface area contributed by atoms with Crippen molar-refractivity contribution < 1.29 is 14.3 Å². The highest BCUT2D eigenvalue weighted by atomic mass is 16.5. The molecule has 0 atom stereocenters. The number of carbonyl (C=O) groups is 1. The number of hydrogen-bond acceptors (Lipinski definition) is 4. The van der Waals surface area contributed by atoms with E-state index < -0.39 is 0 Å². The Bertz CT molecular complexity index is 1020. The average molecular weight is 391 g/mol. The van der Waals surface area contributed by atoms with Crippen LogP contribution in [0.5, 0.6) is 5.75 Å². The lowest BCUT2D eigenvalue weighted by Gasteiger charge is -2.18. The first-order valence-corrected chi connectivity index (χ1v) is 9.90. The molecule has 0 aliphatic carbocycles. The van der Waals surface area contributed by atoms with Gasteiger partial charge < -0.3 is 19.4 Å². The SMILES string of the molecule is Cc1[nH]c2ccc(OCC(=N)N3CCCC3)cc2c1C(=O)OCc1ccccc1. The predicted octanol–water partition coefficient (Wildman–Crippen LogP) is 4.29. The van der Waals surface area contributed by atoms with Crippen molar-refractivity contribution in [3.8, 4) is 5.75 Å². The normalized spacial score (nSPS) is 13.6. The maximum absolute atomic E-state index is 12.7. The van der Waals surface area contributed by atoms with Crippen molar-refractivity contribution in [2.45, 2.75) is 26.4 Å². The second kappa shape index (κ2) is 8.39. The van der Waals surface area contributed by atoms with Crippen LogP contribution >= 0.6 is 0 Å². The Morgan fingerprint density at radius 2 is 1.90 bits per heavy atom. The first kappa shape index (κ1) is 19.1. The van der Waals surface area contributed by atoms with Gasteiger partial charge in [0, 0.05) is 29.7 Å². The number of likely N-dealkylation sites (tertiary alicyclic amines) is 1. The molecule has 6 nitrogen and oxygen atoms in total. The highest BCUT2D eigenvalue weighted by molar-refractivity contribution is 6.06. The van der Waals surface area contributed by atoms with E-state index in [0.717, 1.165) is 48.1 Å². The van der Waals surface area contributed by atoms with Crippen LogP contribution in [0.2, 0.25) is 0 Å². The number of nitrogens with one attached hydrogen (secondary N) is 2. The summed E-state index contributed by atoms with van der Waals surface area (Å²) in [5.74, 6) is 0.771. The molecule has 2 N–H and O–H groups in total. The number of carbonyl (C=O) groups excluding carboxylic acids is 1. The fraction of sp³-hybridized carbons (Fsp3) is 0.304. The fourth-order valence-electron chi connectivity index (χ4n) is 3.68. The van der Waals surface area contributed by atoms with Crippen LogP contribution in [-0.2, 0) is 11.3 Å². The minimum atomic E-state index is -0.362. The summed E-state index contributed by atoms with van der Waals surface area (Å²) in [6.07, 6.45) is 2.26. The van der Waals surface area contributed by atoms with E-state index >= 15 is 0 Å². The van der Waals surface area contributed by atoms with Crippen molar-refractivity contribution in [3.63, 3.8) is 0 Å². The lowest BCUT2D eigenvalue weighted by Crippen LogP contribution is -2.31. The highest BCUT2D eigenvalue weighted by Crippen LogP contribution is 2.27. The van der Waals surface area contributed by atoms with Crippen molar-refractivity contribution in [1.82, 2.24) is 9.88 Å². The number of fused-ring (bicyclic) bond motifs is 1. The van der Waals surface area contributed by atoms with Gasteiger partial charge in [-0.3, -0.25) is 5.41 Å². The number of aromatic nitrogens is 1. The van der Waals surface area contributed by atoms with Gasteiger partial charge in [0.1, 0.15) is 24.8 Å². The summed E-state index contributed by atoms with van der Waals surface area (Å²) in [5.41, 5.74) is 3.09. The third-order valence-corrected chi connectivity index (χ3v) is 5.24. The number of esters is 1. The smallest absolute Gasteiger partial charge is 0.340 e. The summed E-state index contributed by atoms with van der Waals surface area (Å²) < 4.78 is 11.4. The summed E-state index contributed by atoms with van der Waals surface area (Å²) in [6, 6.07) is 15.2. The summed E-state index contributed by atoms with van der Waals surface area (Å²) in [6.45, 7) is 4.17. The van der Waals surface area contributed by atoms with Gasteiger partial charge in [0.05, 0.1) is 5.56 Å². The minimum Gasteiger partial charge on any atom is -0.486 e. The van der Waals surface area contributed by atoms with Crippen molar-refractivity contribution >= 4 is 22.7 Å². The molecule has 6 heteroatoms. The van der Waals surface area contributed by atoms with E-state index in [-0.39, 0.29) is 19.2 Å². The van der Waals surface area contributed by atoms with Crippen LogP contribution in [0.1, 0.15) is 34.5 Å². The monoisotopic (exact) mass is 391 g/mol. The summed E-state index contributed by atoms with van der Waals surface area (Å²) >= 11 is 0. The van der Waals surface area contributed by atoms with Gasteiger partial charge in [-0.05, 0) is 43.5 Å². The van der Waals surface area contributed by atoms with Crippen LogP contribution in [0.4, 0.5) is 0 Å². The van der Waals surface area contributed by atoms with Crippen LogP contribution in [0.25, 0.3) is 10.9 Å². The number of benzene rings is 2. The van der Waals surface area contributed by atoms with Gasteiger partial charge in [0.15, 0.2) is 0 Å². The minimum absolute atomic E-state index is 0.225. The van der Waals surface area contributed by atoms with Crippen molar-refractivity contribution in [1.29, 1.82) is 5.41 Å². The van der Waals surface area contributed by atoms with Gasteiger partial charge in [0.25, 0.3) is 0 Å². The van der Waals surface area contributed by atoms with Gasteiger partial charge >= 0.3 is 5.97 Å². The molecule has 150 valence electrons. The standard InChI is InChI=1S/C23H25N3O3/c1-16-22(23(27)29-14-17-7-3-2-4-8-17)19-13-18(9-10-20(19)25-16)28-15-21(24)26-11-5-6-12-26/h2-4,7-10,13,24-25H,5-6,11-12,14-15H2,1H3. The molecule has 0 amide bonds. The Morgan fingerprint density at radius 1 is 1.14 bits per heavy atom. The molecule has 1 aliphatic heterocycles. The lowest BCUT2D eigenvalue weighted by molar-refractivity contribution is 0.0474. The van der Waals surface area contributed by atoms with Gasteiger partial charge in [-0.15, -0.1) is 0 Å². The molecule has 1 aromatic heterocycles. The number of rotatable bonds is 6. The number of H-pyrrole nitrogens is 1. The topological polar surface area (TPSA) is 78.4 Å². The Labute approximate surface area is 169 Å². The molecular weight excluding hydrogens is 366 g/mol. The number of aryl methyl sites for hydroxylation is 1.